The molecule has 2 heterocycles. The molecule has 6 nitrogen and oxygen atoms in total. The van der Waals surface area contributed by atoms with Crippen LogP contribution < -0.4 is 5.32 Å². The number of aromatic nitrogens is 2. The molecule has 0 saturated carbocycles. The predicted molar refractivity (Wildman–Crippen MR) is 88.4 cm³/mol. The third kappa shape index (κ3) is 3.38. The molecule has 124 valence electrons. The van der Waals surface area contributed by atoms with Crippen molar-refractivity contribution in [1.29, 1.82) is 0 Å². The van der Waals surface area contributed by atoms with E-state index in [-0.39, 0.29) is 17.9 Å². The number of benzene rings is 1. The normalized spacial score (nSPS) is 21.5. The molecule has 0 bridgehead atoms. The zero-order valence-corrected chi connectivity index (χ0v) is 13.6. The SMILES string of the molecule is COCCn1c(NC(=O)[C@@H]2CCCO[C@H]2C)nc2ccccc21. The number of anilines is 1. The number of nitrogens with zero attached hydrogens (tertiary/aromatic N) is 2. The Hall–Kier alpha value is -1.92. The average molecular weight is 317 g/mol. The molecule has 3 rings (SSSR count). The summed E-state index contributed by atoms with van der Waals surface area (Å²) in [5.74, 6) is 0.427. The van der Waals surface area contributed by atoms with Gasteiger partial charge in [0.2, 0.25) is 11.9 Å². The number of ether oxygens (including phenoxy) is 2. The highest BCUT2D eigenvalue weighted by molar-refractivity contribution is 5.93. The van der Waals surface area contributed by atoms with E-state index in [1.807, 2.05) is 35.8 Å². The zero-order valence-electron chi connectivity index (χ0n) is 13.6. The van der Waals surface area contributed by atoms with Crippen LogP contribution in [0.1, 0.15) is 19.8 Å². The van der Waals surface area contributed by atoms with Crippen LogP contribution >= 0.6 is 0 Å². The standard InChI is InChI=1S/C17H23N3O3/c1-12-13(6-5-10-23-12)16(21)19-17-18-14-7-3-4-8-15(14)20(17)9-11-22-2/h3-4,7-8,12-13H,5-6,9-11H2,1-2H3,(H,18,19,21)/t12-,13+/m0/s1. The fourth-order valence-electron chi connectivity index (χ4n) is 3.05. The molecule has 2 aromatic rings. The third-order valence-electron chi connectivity index (χ3n) is 4.35. The van der Waals surface area contributed by atoms with Crippen LogP contribution in [-0.4, -0.2) is 41.9 Å². The summed E-state index contributed by atoms with van der Waals surface area (Å²) in [7, 11) is 1.67. The van der Waals surface area contributed by atoms with Crippen molar-refractivity contribution in [1.82, 2.24) is 9.55 Å². The lowest BCUT2D eigenvalue weighted by Crippen LogP contribution is -2.37. The average Bonchev–Trinajstić information content (AvgIpc) is 2.90. The number of hydrogen-bond donors (Lipinski definition) is 1. The highest BCUT2D eigenvalue weighted by Gasteiger charge is 2.29. The second kappa shape index (κ2) is 7.10. The molecule has 1 N–H and O–H groups in total. The minimum Gasteiger partial charge on any atom is -0.383 e. The van der Waals surface area contributed by atoms with Crippen molar-refractivity contribution < 1.29 is 14.3 Å². The summed E-state index contributed by atoms with van der Waals surface area (Å²) in [6, 6.07) is 7.86. The molecule has 1 fully saturated rings. The predicted octanol–water partition coefficient (Wildman–Crippen LogP) is 2.44. The summed E-state index contributed by atoms with van der Waals surface area (Å²) in [4.78, 5) is 17.2. The van der Waals surface area contributed by atoms with E-state index in [9.17, 15) is 4.79 Å². The molecule has 2 atom stereocenters. The Balaban J connectivity index is 1.84. The topological polar surface area (TPSA) is 65.4 Å². The first-order valence-electron chi connectivity index (χ1n) is 8.07. The van der Waals surface area contributed by atoms with Gasteiger partial charge in [-0.25, -0.2) is 4.98 Å². The molecule has 1 aromatic carbocycles. The first-order valence-corrected chi connectivity index (χ1v) is 8.07. The van der Waals surface area contributed by atoms with Crippen molar-refractivity contribution in [3.8, 4) is 0 Å². The van der Waals surface area contributed by atoms with Crippen molar-refractivity contribution in [3.63, 3.8) is 0 Å². The molecule has 23 heavy (non-hydrogen) atoms. The fraction of sp³-hybridized carbons (Fsp3) is 0.529. The van der Waals surface area contributed by atoms with Crippen LogP contribution in [0.3, 0.4) is 0 Å². The zero-order chi connectivity index (χ0) is 16.2. The maximum Gasteiger partial charge on any atom is 0.232 e. The van der Waals surface area contributed by atoms with Crippen LogP contribution in [0, 0.1) is 5.92 Å². The summed E-state index contributed by atoms with van der Waals surface area (Å²) < 4.78 is 12.8. The Morgan fingerprint density at radius 3 is 3.09 bits per heavy atom. The van der Waals surface area contributed by atoms with E-state index >= 15 is 0 Å². The molecular formula is C17H23N3O3. The molecule has 6 heteroatoms. The van der Waals surface area contributed by atoms with Gasteiger partial charge < -0.3 is 14.0 Å². The van der Waals surface area contributed by atoms with Crippen LogP contribution in [-0.2, 0) is 20.8 Å². The number of methoxy groups -OCH3 is 1. The lowest BCUT2D eigenvalue weighted by Gasteiger charge is -2.27. The summed E-state index contributed by atoms with van der Waals surface area (Å²) in [6.07, 6.45) is 1.72. The van der Waals surface area contributed by atoms with Crippen LogP contribution in [0.5, 0.6) is 0 Å². The van der Waals surface area contributed by atoms with Gasteiger partial charge in [0.15, 0.2) is 0 Å². The van der Waals surface area contributed by atoms with Crippen molar-refractivity contribution in [2.75, 3.05) is 25.6 Å². The molecule has 0 radical (unpaired) electrons. The van der Waals surface area contributed by atoms with Gasteiger partial charge in [-0.1, -0.05) is 12.1 Å². The molecule has 1 aromatic heterocycles. The maximum absolute atomic E-state index is 12.6. The molecule has 0 unspecified atom stereocenters. The Morgan fingerprint density at radius 1 is 1.48 bits per heavy atom. The van der Waals surface area contributed by atoms with E-state index in [2.05, 4.69) is 10.3 Å². The molecule has 1 amide bonds. The van der Waals surface area contributed by atoms with Gasteiger partial charge in [-0.3, -0.25) is 10.1 Å². The quantitative estimate of drug-likeness (QED) is 0.920. The number of carbonyl (C=O) groups is 1. The van der Waals surface area contributed by atoms with Gasteiger partial charge in [-0.15, -0.1) is 0 Å². The van der Waals surface area contributed by atoms with E-state index in [0.29, 0.717) is 19.1 Å². The van der Waals surface area contributed by atoms with E-state index in [1.165, 1.54) is 0 Å². The number of fused-ring (bicyclic) bond motifs is 1. The van der Waals surface area contributed by atoms with Gasteiger partial charge in [-0.2, -0.15) is 0 Å². The number of imidazole rings is 1. The van der Waals surface area contributed by atoms with Crippen molar-refractivity contribution >= 4 is 22.9 Å². The number of carbonyl (C=O) groups excluding carboxylic acids is 1. The van der Waals surface area contributed by atoms with Gasteiger partial charge in [0.05, 0.1) is 29.7 Å². The largest absolute Gasteiger partial charge is 0.383 e. The van der Waals surface area contributed by atoms with Crippen LogP contribution in [0.2, 0.25) is 0 Å². The molecular weight excluding hydrogens is 294 g/mol. The van der Waals surface area contributed by atoms with Gasteiger partial charge in [0.1, 0.15) is 0 Å². The maximum atomic E-state index is 12.6. The lowest BCUT2D eigenvalue weighted by atomic mass is 9.94. The van der Waals surface area contributed by atoms with Crippen LogP contribution in [0.25, 0.3) is 11.0 Å². The second-order valence-electron chi connectivity index (χ2n) is 5.88. The Labute approximate surface area is 135 Å². The number of rotatable bonds is 5. The smallest absolute Gasteiger partial charge is 0.232 e. The van der Waals surface area contributed by atoms with Gasteiger partial charge in [0, 0.05) is 20.3 Å². The minimum absolute atomic E-state index is 0.0221. The Morgan fingerprint density at radius 2 is 2.30 bits per heavy atom. The molecule has 0 aliphatic carbocycles. The summed E-state index contributed by atoms with van der Waals surface area (Å²) in [5.41, 5.74) is 1.86. The van der Waals surface area contributed by atoms with E-state index in [1.54, 1.807) is 7.11 Å². The molecule has 1 aliphatic rings. The minimum atomic E-state index is -0.126. The fourth-order valence-corrected chi connectivity index (χ4v) is 3.05. The van der Waals surface area contributed by atoms with Gasteiger partial charge >= 0.3 is 0 Å². The summed E-state index contributed by atoms with van der Waals surface area (Å²) >= 11 is 0. The first kappa shape index (κ1) is 16.0. The van der Waals surface area contributed by atoms with E-state index in [0.717, 1.165) is 30.5 Å². The first-order chi connectivity index (χ1) is 11.2. The second-order valence-corrected chi connectivity index (χ2v) is 5.88. The summed E-state index contributed by atoms with van der Waals surface area (Å²) in [5, 5.41) is 2.99. The van der Waals surface area contributed by atoms with E-state index < -0.39 is 0 Å². The van der Waals surface area contributed by atoms with Crippen LogP contribution in [0.4, 0.5) is 5.95 Å². The van der Waals surface area contributed by atoms with Crippen molar-refractivity contribution in [2.24, 2.45) is 5.92 Å². The van der Waals surface area contributed by atoms with Crippen LogP contribution in [0.15, 0.2) is 24.3 Å². The highest BCUT2D eigenvalue weighted by Crippen LogP contribution is 2.24. The highest BCUT2D eigenvalue weighted by atomic mass is 16.5. The van der Waals surface area contributed by atoms with Gasteiger partial charge in [0.25, 0.3) is 0 Å². The Bertz CT molecular complexity index is 683. The van der Waals surface area contributed by atoms with E-state index in [4.69, 9.17) is 9.47 Å². The van der Waals surface area contributed by atoms with Crippen molar-refractivity contribution in [3.05, 3.63) is 24.3 Å². The van der Waals surface area contributed by atoms with Crippen molar-refractivity contribution in [2.45, 2.75) is 32.4 Å². The Kier molecular flexibility index (Phi) is 4.93. The number of amides is 1. The monoisotopic (exact) mass is 317 g/mol. The number of para-hydroxylation sites is 2. The third-order valence-corrected chi connectivity index (χ3v) is 4.35. The molecule has 1 aliphatic heterocycles. The number of nitrogens with one attached hydrogen (secondary N) is 1. The molecule has 0 spiro atoms. The number of hydrogen-bond acceptors (Lipinski definition) is 4. The lowest BCUT2D eigenvalue weighted by molar-refractivity contribution is -0.127. The van der Waals surface area contributed by atoms with Gasteiger partial charge in [-0.05, 0) is 31.9 Å². The molecule has 1 saturated heterocycles. The summed E-state index contributed by atoms with van der Waals surface area (Å²) in [6.45, 7) is 3.89.